The number of hydrogen-bond acceptors (Lipinski definition) is 3. The minimum absolute atomic E-state index is 0.107. The molecule has 3 rings (SSSR count). The van der Waals surface area contributed by atoms with E-state index < -0.39 is 29.5 Å². The smallest absolute Gasteiger partial charge is 0.252 e. The Labute approximate surface area is 172 Å². The van der Waals surface area contributed by atoms with Gasteiger partial charge in [0.15, 0.2) is 11.6 Å². The van der Waals surface area contributed by atoms with Crippen molar-refractivity contribution in [1.82, 2.24) is 5.32 Å². The van der Waals surface area contributed by atoms with E-state index in [9.17, 15) is 18.4 Å². The molecule has 5 nitrogen and oxygen atoms in total. The van der Waals surface area contributed by atoms with Crippen molar-refractivity contribution >= 4 is 11.8 Å². The van der Waals surface area contributed by atoms with E-state index in [4.69, 9.17) is 10.5 Å². The van der Waals surface area contributed by atoms with Gasteiger partial charge < -0.3 is 15.8 Å². The zero-order valence-electron chi connectivity index (χ0n) is 16.0. The molecule has 2 amide bonds. The fourth-order valence-corrected chi connectivity index (χ4v) is 2.80. The van der Waals surface area contributed by atoms with Gasteiger partial charge in [-0.25, -0.2) is 8.78 Å². The third-order valence-corrected chi connectivity index (χ3v) is 4.44. The van der Waals surface area contributed by atoms with Crippen LogP contribution < -0.4 is 15.8 Å². The number of halogens is 2. The highest BCUT2D eigenvalue weighted by Gasteiger charge is 2.20. The Morgan fingerprint density at radius 3 is 2.23 bits per heavy atom. The van der Waals surface area contributed by atoms with E-state index in [1.54, 1.807) is 24.3 Å². The van der Waals surface area contributed by atoms with Crippen LogP contribution in [0.2, 0.25) is 0 Å². The van der Waals surface area contributed by atoms with Crippen LogP contribution >= 0.6 is 0 Å². The summed E-state index contributed by atoms with van der Waals surface area (Å²) < 4.78 is 32.1. The van der Waals surface area contributed by atoms with Crippen molar-refractivity contribution in [2.24, 2.45) is 5.73 Å². The van der Waals surface area contributed by atoms with E-state index in [1.807, 2.05) is 30.3 Å². The zero-order valence-corrected chi connectivity index (χ0v) is 16.0. The van der Waals surface area contributed by atoms with Gasteiger partial charge in [-0.15, -0.1) is 0 Å². The first-order valence-corrected chi connectivity index (χ1v) is 9.23. The first-order valence-electron chi connectivity index (χ1n) is 9.23. The summed E-state index contributed by atoms with van der Waals surface area (Å²) >= 11 is 0. The Bertz CT molecular complexity index is 1020. The summed E-state index contributed by atoms with van der Waals surface area (Å²) in [4.78, 5) is 24.0. The Morgan fingerprint density at radius 1 is 0.900 bits per heavy atom. The van der Waals surface area contributed by atoms with Crippen molar-refractivity contribution in [1.29, 1.82) is 0 Å². The van der Waals surface area contributed by atoms with Crippen LogP contribution in [0.3, 0.4) is 0 Å². The predicted molar refractivity (Wildman–Crippen MR) is 108 cm³/mol. The number of primary amides is 1. The van der Waals surface area contributed by atoms with Gasteiger partial charge in [-0.05, 0) is 41.5 Å². The molecule has 0 radical (unpaired) electrons. The quantitative estimate of drug-likeness (QED) is 0.597. The highest BCUT2D eigenvalue weighted by atomic mass is 19.2. The normalized spacial score (nSPS) is 11.5. The number of carbonyl (C=O) groups is 2. The second-order valence-electron chi connectivity index (χ2n) is 6.68. The minimum Gasteiger partial charge on any atom is -0.489 e. The molecular formula is C23H20F2N2O3. The molecule has 7 heteroatoms. The fraction of sp³-hybridized carbons (Fsp3) is 0.130. The number of carbonyl (C=O) groups excluding carboxylic acids is 2. The zero-order chi connectivity index (χ0) is 21.5. The van der Waals surface area contributed by atoms with Crippen molar-refractivity contribution in [2.45, 2.75) is 19.1 Å². The van der Waals surface area contributed by atoms with E-state index in [0.717, 1.165) is 29.3 Å². The maximum atomic E-state index is 13.3. The molecule has 0 spiro atoms. The van der Waals surface area contributed by atoms with E-state index >= 15 is 0 Å². The molecule has 0 aromatic heterocycles. The molecule has 3 aromatic rings. The lowest BCUT2D eigenvalue weighted by Gasteiger charge is -2.16. The van der Waals surface area contributed by atoms with Crippen LogP contribution in [0, 0.1) is 11.6 Å². The van der Waals surface area contributed by atoms with Crippen LogP contribution in [0.5, 0.6) is 5.75 Å². The van der Waals surface area contributed by atoms with Gasteiger partial charge in [0, 0.05) is 12.0 Å². The van der Waals surface area contributed by atoms with Gasteiger partial charge >= 0.3 is 0 Å². The predicted octanol–water partition coefficient (Wildman–Crippen LogP) is 3.37. The summed E-state index contributed by atoms with van der Waals surface area (Å²) in [5.74, 6) is -3.02. The highest BCUT2D eigenvalue weighted by Crippen LogP contribution is 2.16. The van der Waals surface area contributed by atoms with Crippen LogP contribution in [0.25, 0.3) is 0 Å². The van der Waals surface area contributed by atoms with Crippen LogP contribution in [-0.4, -0.2) is 17.9 Å². The number of rotatable bonds is 8. The molecule has 0 aliphatic rings. The first-order chi connectivity index (χ1) is 14.4. The Morgan fingerprint density at radius 2 is 1.60 bits per heavy atom. The Balaban J connectivity index is 1.61. The van der Waals surface area contributed by atoms with Crippen LogP contribution in [0.15, 0.2) is 72.8 Å². The summed E-state index contributed by atoms with van der Waals surface area (Å²) in [5.41, 5.74) is 7.07. The number of amides is 2. The lowest BCUT2D eigenvalue weighted by molar-refractivity contribution is -0.119. The summed E-state index contributed by atoms with van der Waals surface area (Å²) in [7, 11) is 0. The molecule has 0 saturated carbocycles. The third kappa shape index (κ3) is 5.64. The van der Waals surface area contributed by atoms with Gasteiger partial charge in [0.05, 0.1) is 0 Å². The lowest BCUT2D eigenvalue weighted by Crippen LogP contribution is -2.45. The molecule has 3 aromatic carbocycles. The molecule has 30 heavy (non-hydrogen) atoms. The van der Waals surface area contributed by atoms with Crippen LogP contribution in [-0.2, 0) is 17.8 Å². The minimum atomic E-state index is -1.15. The largest absolute Gasteiger partial charge is 0.489 e. The number of nitrogens with one attached hydrogen (secondary N) is 1. The maximum Gasteiger partial charge on any atom is 0.252 e. The second kappa shape index (κ2) is 9.65. The van der Waals surface area contributed by atoms with Gasteiger partial charge in [0.25, 0.3) is 5.91 Å². The van der Waals surface area contributed by atoms with Gasteiger partial charge in [-0.3, -0.25) is 9.59 Å². The molecule has 0 unspecified atom stereocenters. The molecule has 1 atom stereocenters. The topological polar surface area (TPSA) is 81.4 Å². The number of hydrogen-bond donors (Lipinski definition) is 2. The highest BCUT2D eigenvalue weighted by molar-refractivity contribution is 5.97. The Hall–Kier alpha value is -3.74. The SMILES string of the molecule is NC(=O)[C@@H](Cc1ccc(OCc2ccccc2)cc1)NC(=O)c1ccc(F)c(F)c1. The van der Waals surface area contributed by atoms with Crippen molar-refractivity contribution in [3.63, 3.8) is 0 Å². The summed E-state index contributed by atoms with van der Waals surface area (Å²) in [6.07, 6.45) is 0.143. The fourth-order valence-electron chi connectivity index (χ4n) is 2.80. The summed E-state index contributed by atoms with van der Waals surface area (Å²) in [6, 6.07) is 18.5. The second-order valence-corrected chi connectivity index (χ2v) is 6.68. The van der Waals surface area contributed by atoms with E-state index in [-0.39, 0.29) is 12.0 Å². The number of ether oxygens (including phenoxy) is 1. The maximum absolute atomic E-state index is 13.3. The lowest BCUT2D eigenvalue weighted by atomic mass is 10.0. The van der Waals surface area contributed by atoms with Crippen molar-refractivity contribution < 1.29 is 23.1 Å². The van der Waals surface area contributed by atoms with Crippen LogP contribution in [0.4, 0.5) is 8.78 Å². The van der Waals surface area contributed by atoms with E-state index in [1.165, 1.54) is 0 Å². The van der Waals surface area contributed by atoms with Gasteiger partial charge in [0.2, 0.25) is 5.91 Å². The van der Waals surface area contributed by atoms with Crippen LogP contribution in [0.1, 0.15) is 21.5 Å². The van der Waals surface area contributed by atoms with E-state index in [0.29, 0.717) is 12.4 Å². The molecule has 0 fully saturated rings. The molecule has 0 aliphatic heterocycles. The average molecular weight is 410 g/mol. The number of benzene rings is 3. The molecule has 0 aliphatic carbocycles. The molecular weight excluding hydrogens is 390 g/mol. The third-order valence-electron chi connectivity index (χ3n) is 4.44. The molecule has 3 N–H and O–H groups in total. The average Bonchev–Trinajstić information content (AvgIpc) is 2.75. The van der Waals surface area contributed by atoms with Crippen molar-refractivity contribution in [2.75, 3.05) is 0 Å². The monoisotopic (exact) mass is 410 g/mol. The van der Waals surface area contributed by atoms with Crippen molar-refractivity contribution in [3.05, 3.63) is 101 Å². The Kier molecular flexibility index (Phi) is 6.75. The standard InChI is InChI=1S/C23H20F2N2O3/c24-19-11-8-17(13-20(19)25)23(29)27-21(22(26)28)12-15-6-9-18(10-7-15)30-14-16-4-2-1-3-5-16/h1-11,13,21H,12,14H2,(H2,26,28)(H,27,29)/t21-/m1/s1. The molecule has 0 bridgehead atoms. The van der Waals surface area contributed by atoms with Crippen molar-refractivity contribution in [3.8, 4) is 5.75 Å². The molecule has 154 valence electrons. The first kappa shape index (κ1) is 21.0. The van der Waals surface area contributed by atoms with Gasteiger partial charge in [-0.2, -0.15) is 0 Å². The summed E-state index contributed by atoms with van der Waals surface area (Å²) in [5, 5.41) is 2.46. The van der Waals surface area contributed by atoms with Gasteiger partial charge in [-0.1, -0.05) is 42.5 Å². The van der Waals surface area contributed by atoms with E-state index in [2.05, 4.69) is 5.32 Å². The molecule has 0 heterocycles. The van der Waals surface area contributed by atoms with Gasteiger partial charge in [0.1, 0.15) is 18.4 Å². The molecule has 0 saturated heterocycles. The summed E-state index contributed by atoms with van der Waals surface area (Å²) in [6.45, 7) is 0.425. The number of nitrogens with two attached hydrogens (primary N) is 1.